The van der Waals surface area contributed by atoms with Crippen molar-refractivity contribution in [3.8, 4) is 5.75 Å². The van der Waals surface area contributed by atoms with Crippen molar-refractivity contribution in [1.29, 1.82) is 0 Å². The molecule has 0 radical (unpaired) electrons. The van der Waals surface area contributed by atoms with Crippen molar-refractivity contribution in [2.75, 3.05) is 20.2 Å². The van der Waals surface area contributed by atoms with Gasteiger partial charge >= 0.3 is 5.97 Å². The third-order valence-corrected chi connectivity index (χ3v) is 3.81. The Morgan fingerprint density at radius 1 is 1.45 bits per heavy atom. The van der Waals surface area contributed by atoms with Crippen molar-refractivity contribution in [1.82, 2.24) is 4.90 Å². The molecule has 1 amide bonds. The highest BCUT2D eigenvalue weighted by Crippen LogP contribution is 2.31. The van der Waals surface area contributed by atoms with Gasteiger partial charge in [-0.3, -0.25) is 9.59 Å². The van der Waals surface area contributed by atoms with E-state index in [4.69, 9.17) is 9.84 Å². The molecule has 1 fully saturated rings. The molecule has 108 valence electrons. The van der Waals surface area contributed by atoms with Crippen LogP contribution in [0.4, 0.5) is 0 Å². The second kappa shape index (κ2) is 6.26. The second-order valence-corrected chi connectivity index (χ2v) is 5.73. The van der Waals surface area contributed by atoms with Gasteiger partial charge in [0.05, 0.1) is 11.6 Å². The SMILES string of the molecule is COc1ccc(C(=O)N(CC(=O)O)CC2CC2)cc1Br. The van der Waals surface area contributed by atoms with Gasteiger partial charge in [-0.2, -0.15) is 0 Å². The fourth-order valence-electron chi connectivity index (χ4n) is 1.98. The van der Waals surface area contributed by atoms with E-state index in [1.165, 1.54) is 4.90 Å². The maximum Gasteiger partial charge on any atom is 0.323 e. The first-order valence-electron chi connectivity index (χ1n) is 6.36. The number of carboxylic acid groups (broad SMARTS) is 1. The molecule has 0 spiro atoms. The molecule has 0 aliphatic heterocycles. The molecular weight excluding hydrogens is 326 g/mol. The van der Waals surface area contributed by atoms with Gasteiger partial charge in [-0.25, -0.2) is 0 Å². The van der Waals surface area contributed by atoms with Gasteiger partial charge < -0.3 is 14.7 Å². The van der Waals surface area contributed by atoms with Crippen molar-refractivity contribution >= 4 is 27.8 Å². The molecule has 1 aromatic carbocycles. The summed E-state index contributed by atoms with van der Waals surface area (Å²) in [5, 5.41) is 8.93. The number of rotatable bonds is 6. The van der Waals surface area contributed by atoms with E-state index in [0.717, 1.165) is 12.8 Å². The zero-order chi connectivity index (χ0) is 14.7. The second-order valence-electron chi connectivity index (χ2n) is 4.87. The summed E-state index contributed by atoms with van der Waals surface area (Å²) in [6.45, 7) is 0.244. The minimum Gasteiger partial charge on any atom is -0.496 e. The lowest BCUT2D eigenvalue weighted by Crippen LogP contribution is -2.37. The highest BCUT2D eigenvalue weighted by molar-refractivity contribution is 9.10. The van der Waals surface area contributed by atoms with E-state index in [0.29, 0.717) is 28.2 Å². The van der Waals surface area contributed by atoms with Crippen LogP contribution >= 0.6 is 15.9 Å². The number of hydrogen-bond donors (Lipinski definition) is 1. The maximum atomic E-state index is 12.4. The van der Waals surface area contributed by atoms with Crippen molar-refractivity contribution in [3.05, 3.63) is 28.2 Å². The largest absolute Gasteiger partial charge is 0.496 e. The summed E-state index contributed by atoms with van der Waals surface area (Å²) >= 11 is 3.33. The third-order valence-electron chi connectivity index (χ3n) is 3.19. The predicted molar refractivity (Wildman–Crippen MR) is 77.0 cm³/mol. The monoisotopic (exact) mass is 341 g/mol. The summed E-state index contributed by atoms with van der Waals surface area (Å²) in [6, 6.07) is 4.99. The molecule has 0 unspecified atom stereocenters. The van der Waals surface area contributed by atoms with Gasteiger partial charge in [0.2, 0.25) is 0 Å². The van der Waals surface area contributed by atoms with Crippen LogP contribution in [-0.4, -0.2) is 42.1 Å². The van der Waals surface area contributed by atoms with Gasteiger partial charge in [-0.1, -0.05) is 0 Å². The van der Waals surface area contributed by atoms with Gasteiger partial charge in [-0.15, -0.1) is 0 Å². The number of halogens is 1. The number of hydrogen-bond acceptors (Lipinski definition) is 3. The van der Waals surface area contributed by atoms with E-state index in [2.05, 4.69) is 15.9 Å². The van der Waals surface area contributed by atoms with Gasteiger partial charge in [-0.05, 0) is 52.9 Å². The molecule has 1 aliphatic carbocycles. The van der Waals surface area contributed by atoms with Gasteiger partial charge in [0, 0.05) is 12.1 Å². The first kappa shape index (κ1) is 14.8. The van der Waals surface area contributed by atoms with Crippen LogP contribution in [-0.2, 0) is 4.79 Å². The Labute approximate surface area is 125 Å². The predicted octanol–water partition coefficient (Wildman–Crippen LogP) is 2.39. The standard InChI is InChI=1S/C14H16BrNO4/c1-20-12-5-4-10(6-11(12)15)14(19)16(8-13(17)18)7-9-2-3-9/h4-6,9H,2-3,7-8H2,1H3,(H,17,18). The summed E-state index contributed by atoms with van der Waals surface area (Å²) in [7, 11) is 1.55. The van der Waals surface area contributed by atoms with E-state index in [1.54, 1.807) is 25.3 Å². The summed E-state index contributed by atoms with van der Waals surface area (Å²) < 4.78 is 5.79. The van der Waals surface area contributed by atoms with Gasteiger partial charge in [0.1, 0.15) is 12.3 Å². The Hall–Kier alpha value is -1.56. The summed E-state index contributed by atoms with van der Waals surface area (Å²) in [6.07, 6.45) is 2.13. The van der Waals surface area contributed by atoms with E-state index in [9.17, 15) is 9.59 Å². The molecule has 1 saturated carbocycles. The Morgan fingerprint density at radius 2 is 2.15 bits per heavy atom. The smallest absolute Gasteiger partial charge is 0.323 e. The van der Waals surface area contributed by atoms with Crippen molar-refractivity contribution in [3.63, 3.8) is 0 Å². The van der Waals surface area contributed by atoms with Gasteiger partial charge in [0.25, 0.3) is 5.91 Å². The number of carboxylic acids is 1. The highest BCUT2D eigenvalue weighted by atomic mass is 79.9. The Bertz CT molecular complexity index is 528. The minimum absolute atomic E-state index is 0.261. The van der Waals surface area contributed by atoms with E-state index < -0.39 is 5.97 Å². The minimum atomic E-state index is -0.994. The summed E-state index contributed by atoms with van der Waals surface area (Å²) in [5.41, 5.74) is 0.458. The molecule has 20 heavy (non-hydrogen) atoms. The quantitative estimate of drug-likeness (QED) is 0.862. The number of benzene rings is 1. The average molecular weight is 342 g/mol. The molecular formula is C14H16BrNO4. The van der Waals surface area contributed by atoms with Crippen LogP contribution in [0.15, 0.2) is 22.7 Å². The number of carbonyl (C=O) groups excluding carboxylic acids is 1. The van der Waals surface area contributed by atoms with Crippen LogP contribution in [0.3, 0.4) is 0 Å². The Kier molecular flexibility index (Phi) is 4.65. The number of aliphatic carboxylic acids is 1. The number of methoxy groups -OCH3 is 1. The topological polar surface area (TPSA) is 66.8 Å². The summed E-state index contributed by atoms with van der Waals surface area (Å²) in [5.74, 6) is -0.178. The number of ether oxygens (including phenoxy) is 1. The number of amides is 1. The Balaban J connectivity index is 2.16. The summed E-state index contributed by atoms with van der Waals surface area (Å²) in [4.78, 5) is 24.7. The van der Waals surface area contributed by atoms with Crippen molar-refractivity contribution in [2.24, 2.45) is 5.92 Å². The lowest BCUT2D eigenvalue weighted by molar-refractivity contribution is -0.137. The van der Waals surface area contributed by atoms with Crippen LogP contribution in [0.2, 0.25) is 0 Å². The van der Waals surface area contributed by atoms with E-state index in [1.807, 2.05) is 0 Å². The first-order valence-corrected chi connectivity index (χ1v) is 7.15. The molecule has 0 saturated heterocycles. The molecule has 5 nitrogen and oxygen atoms in total. The molecule has 0 aromatic heterocycles. The lowest BCUT2D eigenvalue weighted by atomic mass is 10.2. The van der Waals surface area contributed by atoms with Crippen LogP contribution in [0.1, 0.15) is 23.2 Å². The zero-order valence-corrected chi connectivity index (χ0v) is 12.7. The van der Waals surface area contributed by atoms with Crippen molar-refractivity contribution in [2.45, 2.75) is 12.8 Å². The van der Waals surface area contributed by atoms with E-state index in [-0.39, 0.29) is 12.5 Å². The molecule has 0 bridgehead atoms. The Morgan fingerprint density at radius 3 is 2.65 bits per heavy atom. The lowest BCUT2D eigenvalue weighted by Gasteiger charge is -2.21. The molecule has 1 N–H and O–H groups in total. The molecule has 6 heteroatoms. The van der Waals surface area contributed by atoms with Crippen LogP contribution in [0.5, 0.6) is 5.75 Å². The third kappa shape index (κ3) is 3.72. The van der Waals surface area contributed by atoms with E-state index >= 15 is 0 Å². The van der Waals surface area contributed by atoms with Crippen LogP contribution in [0.25, 0.3) is 0 Å². The first-order chi connectivity index (χ1) is 9.51. The number of carbonyl (C=O) groups is 2. The average Bonchev–Trinajstić information content (AvgIpc) is 3.20. The molecule has 1 aromatic rings. The fraction of sp³-hybridized carbons (Fsp3) is 0.429. The van der Waals surface area contributed by atoms with Crippen LogP contribution in [0, 0.1) is 5.92 Å². The molecule has 1 aliphatic rings. The zero-order valence-electron chi connectivity index (χ0n) is 11.1. The molecule has 2 rings (SSSR count). The van der Waals surface area contributed by atoms with Gasteiger partial charge in [0.15, 0.2) is 0 Å². The fourth-order valence-corrected chi connectivity index (χ4v) is 2.52. The van der Waals surface area contributed by atoms with Crippen molar-refractivity contribution < 1.29 is 19.4 Å². The maximum absolute atomic E-state index is 12.4. The molecule has 0 heterocycles. The van der Waals surface area contributed by atoms with Crippen LogP contribution < -0.4 is 4.74 Å². The normalized spacial score (nSPS) is 13.9. The number of nitrogens with zero attached hydrogens (tertiary/aromatic N) is 1. The highest BCUT2D eigenvalue weighted by Gasteiger charge is 2.28. The molecule has 0 atom stereocenters.